The fourth-order valence-corrected chi connectivity index (χ4v) is 3.65. The van der Waals surface area contributed by atoms with Gasteiger partial charge in [-0.05, 0) is 37.6 Å². The van der Waals surface area contributed by atoms with Crippen molar-refractivity contribution in [1.82, 2.24) is 25.3 Å². The quantitative estimate of drug-likeness (QED) is 0.423. The van der Waals surface area contributed by atoms with E-state index in [1.54, 1.807) is 18.6 Å². The van der Waals surface area contributed by atoms with Crippen molar-refractivity contribution in [3.05, 3.63) is 78.0 Å². The summed E-state index contributed by atoms with van der Waals surface area (Å²) in [6, 6.07) is 13.7. The number of fused-ring (bicyclic) bond motifs is 1. The molecule has 8 heteroatoms. The minimum absolute atomic E-state index is 0. The van der Waals surface area contributed by atoms with E-state index in [0.29, 0.717) is 18.7 Å². The van der Waals surface area contributed by atoms with Gasteiger partial charge >= 0.3 is 0 Å². The van der Waals surface area contributed by atoms with E-state index in [4.69, 9.17) is 0 Å². The summed E-state index contributed by atoms with van der Waals surface area (Å²) in [7, 11) is 0. The maximum atomic E-state index is 12.4. The highest BCUT2D eigenvalue weighted by Gasteiger charge is 2.15. The van der Waals surface area contributed by atoms with Crippen molar-refractivity contribution >= 4 is 36.1 Å². The van der Waals surface area contributed by atoms with Crippen molar-refractivity contribution in [1.29, 1.82) is 0 Å². The first-order valence-corrected chi connectivity index (χ1v) is 10.7. The lowest BCUT2D eigenvalue weighted by Crippen LogP contribution is -2.23. The summed E-state index contributed by atoms with van der Waals surface area (Å²) in [5.74, 6) is 0.815. The first-order valence-electron chi connectivity index (χ1n) is 10.7. The number of pyridine rings is 2. The number of aryl methyl sites for hydroxylation is 1. The zero-order chi connectivity index (χ0) is 22.5. The van der Waals surface area contributed by atoms with E-state index in [0.717, 1.165) is 39.2 Å². The zero-order valence-corrected chi connectivity index (χ0v) is 20.0. The number of carbonyl (C=O) groups excluding carboxylic acids is 1. The van der Waals surface area contributed by atoms with Crippen LogP contribution in [0.4, 0.5) is 5.82 Å². The van der Waals surface area contributed by atoms with Crippen molar-refractivity contribution in [2.75, 3.05) is 18.4 Å². The van der Waals surface area contributed by atoms with Gasteiger partial charge in [-0.15, -0.1) is 0 Å². The number of amides is 1. The van der Waals surface area contributed by atoms with E-state index in [-0.39, 0.29) is 25.3 Å². The van der Waals surface area contributed by atoms with Crippen LogP contribution in [0.2, 0.25) is 0 Å². The first kappa shape index (κ1) is 24.1. The maximum Gasteiger partial charge on any atom is 0.252 e. The van der Waals surface area contributed by atoms with Gasteiger partial charge in [0.25, 0.3) is 5.91 Å². The molecule has 0 aliphatic carbocycles. The van der Waals surface area contributed by atoms with Crippen LogP contribution < -0.4 is 10.6 Å². The van der Waals surface area contributed by atoms with Crippen LogP contribution in [0, 0.1) is 6.92 Å². The average molecular weight is 461 g/mol. The Kier molecular flexibility index (Phi) is 7.95. The Labute approximate surface area is 200 Å². The number of hydrogen-bond donors (Lipinski definition) is 2. The molecule has 0 saturated heterocycles. The van der Waals surface area contributed by atoms with Gasteiger partial charge in [0, 0.05) is 54.1 Å². The number of nitrogens with zero attached hydrogens (tertiary/aromatic N) is 4. The Bertz CT molecular complexity index is 1250. The van der Waals surface area contributed by atoms with E-state index < -0.39 is 0 Å². The molecule has 3 heterocycles. The van der Waals surface area contributed by atoms with E-state index in [1.807, 2.05) is 50.4 Å². The monoisotopic (exact) mass is 460 g/mol. The molecule has 2 N–H and O–H groups in total. The molecular weight excluding hydrogens is 432 g/mol. The van der Waals surface area contributed by atoms with Crippen molar-refractivity contribution < 1.29 is 4.79 Å². The van der Waals surface area contributed by atoms with Gasteiger partial charge in [0.2, 0.25) is 0 Å². The van der Waals surface area contributed by atoms with Crippen LogP contribution in [0.3, 0.4) is 0 Å². The number of anilines is 1. The molecule has 0 aliphatic rings. The standard InChI is InChI=1S/C25H26N6O.H2S/c1-4-26-25(32)21-10-11-27-24-19(6-5-7-20(21)24)16(2)13-29-23-12-22(30-15-31-23)18-9-8-17(3)28-14-18;/h5-12,14-16H,4,13H2,1-3H3,(H,26,32)(H,29,30,31);1H2/t16-;/m1./s1. The van der Waals surface area contributed by atoms with Crippen molar-refractivity contribution in [3.8, 4) is 11.3 Å². The molecule has 33 heavy (non-hydrogen) atoms. The Morgan fingerprint density at radius 2 is 1.91 bits per heavy atom. The second-order valence-corrected chi connectivity index (χ2v) is 7.72. The molecule has 0 aliphatic heterocycles. The molecule has 0 bridgehead atoms. The molecule has 1 amide bonds. The van der Waals surface area contributed by atoms with Gasteiger partial charge in [0.15, 0.2) is 0 Å². The third kappa shape index (κ3) is 5.46. The van der Waals surface area contributed by atoms with Crippen molar-refractivity contribution in [3.63, 3.8) is 0 Å². The lowest BCUT2D eigenvalue weighted by atomic mass is 9.96. The Morgan fingerprint density at radius 1 is 1.06 bits per heavy atom. The van der Waals surface area contributed by atoms with Gasteiger partial charge in [-0.3, -0.25) is 14.8 Å². The highest BCUT2D eigenvalue weighted by molar-refractivity contribution is 7.59. The van der Waals surface area contributed by atoms with Crippen LogP contribution in [-0.4, -0.2) is 38.9 Å². The molecule has 170 valence electrons. The third-order valence-electron chi connectivity index (χ3n) is 5.38. The summed E-state index contributed by atoms with van der Waals surface area (Å²) in [6.07, 6.45) is 5.07. The van der Waals surface area contributed by atoms with Crippen LogP contribution in [-0.2, 0) is 0 Å². The smallest absolute Gasteiger partial charge is 0.252 e. The van der Waals surface area contributed by atoms with Gasteiger partial charge in [0.05, 0.1) is 16.8 Å². The molecule has 1 atom stereocenters. The van der Waals surface area contributed by atoms with E-state index in [2.05, 4.69) is 43.6 Å². The number of hydrogen-bond acceptors (Lipinski definition) is 6. The Balaban J connectivity index is 0.00000306. The second-order valence-electron chi connectivity index (χ2n) is 7.72. The number of benzene rings is 1. The lowest BCUT2D eigenvalue weighted by molar-refractivity contribution is 0.0957. The summed E-state index contributed by atoms with van der Waals surface area (Å²) in [6.45, 7) is 7.25. The lowest BCUT2D eigenvalue weighted by Gasteiger charge is -2.16. The van der Waals surface area contributed by atoms with E-state index >= 15 is 0 Å². The number of nitrogens with one attached hydrogen (secondary N) is 2. The summed E-state index contributed by atoms with van der Waals surface area (Å²) in [5.41, 5.74) is 5.31. The average Bonchev–Trinajstić information content (AvgIpc) is 2.82. The van der Waals surface area contributed by atoms with Crippen LogP contribution in [0.25, 0.3) is 22.2 Å². The second kappa shape index (κ2) is 10.9. The number of para-hydroxylation sites is 1. The van der Waals surface area contributed by atoms with Crippen LogP contribution in [0.15, 0.2) is 61.2 Å². The minimum atomic E-state index is -0.0815. The summed E-state index contributed by atoms with van der Waals surface area (Å²) < 4.78 is 0. The van der Waals surface area contributed by atoms with Gasteiger partial charge in [-0.25, -0.2) is 9.97 Å². The van der Waals surface area contributed by atoms with E-state index in [1.165, 1.54) is 0 Å². The van der Waals surface area contributed by atoms with Gasteiger partial charge in [-0.1, -0.05) is 25.1 Å². The first-order chi connectivity index (χ1) is 15.6. The SMILES string of the molecule is CCNC(=O)c1ccnc2c([C@H](C)CNc3cc(-c4ccc(C)nc4)ncn3)cccc12.S. The molecule has 4 rings (SSSR count). The third-order valence-corrected chi connectivity index (χ3v) is 5.38. The largest absolute Gasteiger partial charge is 0.369 e. The van der Waals surface area contributed by atoms with Crippen LogP contribution in [0.1, 0.15) is 41.4 Å². The number of aromatic nitrogens is 4. The molecule has 0 saturated carbocycles. The molecule has 0 fully saturated rings. The molecule has 0 radical (unpaired) electrons. The van der Waals surface area contributed by atoms with Crippen molar-refractivity contribution in [2.24, 2.45) is 0 Å². The highest BCUT2D eigenvalue weighted by atomic mass is 32.1. The Hall–Kier alpha value is -3.52. The normalized spacial score (nSPS) is 11.5. The van der Waals surface area contributed by atoms with Crippen LogP contribution >= 0.6 is 13.5 Å². The van der Waals surface area contributed by atoms with Crippen molar-refractivity contribution in [2.45, 2.75) is 26.7 Å². The zero-order valence-electron chi connectivity index (χ0n) is 19.0. The van der Waals surface area contributed by atoms with Gasteiger partial charge in [-0.2, -0.15) is 13.5 Å². The molecule has 7 nitrogen and oxygen atoms in total. The summed E-state index contributed by atoms with van der Waals surface area (Å²) in [5, 5.41) is 7.14. The minimum Gasteiger partial charge on any atom is -0.369 e. The topological polar surface area (TPSA) is 92.7 Å². The molecule has 4 aromatic rings. The summed E-state index contributed by atoms with van der Waals surface area (Å²) >= 11 is 0. The number of carbonyl (C=O) groups is 1. The molecule has 1 aromatic carbocycles. The molecular formula is C25H28N6OS. The van der Waals surface area contributed by atoms with Gasteiger partial charge < -0.3 is 10.6 Å². The molecule has 3 aromatic heterocycles. The maximum absolute atomic E-state index is 12.4. The predicted molar refractivity (Wildman–Crippen MR) is 137 cm³/mol. The van der Waals surface area contributed by atoms with Gasteiger partial charge in [0.1, 0.15) is 12.1 Å². The fourth-order valence-electron chi connectivity index (χ4n) is 3.65. The summed E-state index contributed by atoms with van der Waals surface area (Å²) in [4.78, 5) is 30.1. The highest BCUT2D eigenvalue weighted by Crippen LogP contribution is 2.27. The molecule has 0 spiro atoms. The predicted octanol–water partition coefficient (Wildman–Crippen LogP) is 4.47. The fraction of sp³-hybridized carbons (Fsp3) is 0.240. The Morgan fingerprint density at radius 3 is 2.67 bits per heavy atom. The van der Waals surface area contributed by atoms with E-state index in [9.17, 15) is 4.79 Å². The van der Waals surface area contributed by atoms with Crippen LogP contribution in [0.5, 0.6) is 0 Å². The molecule has 0 unspecified atom stereocenters. The number of rotatable bonds is 7.